The molecule has 6 heteroatoms. The van der Waals surface area contributed by atoms with Gasteiger partial charge in [0.2, 0.25) is 0 Å². The fourth-order valence-corrected chi connectivity index (χ4v) is 2.44. The maximum Gasteiger partial charge on any atom is 0.288 e. The summed E-state index contributed by atoms with van der Waals surface area (Å²) in [6.45, 7) is 4.20. The highest BCUT2D eigenvalue weighted by Crippen LogP contribution is 2.26. The van der Waals surface area contributed by atoms with E-state index in [1.54, 1.807) is 12.1 Å². The lowest BCUT2D eigenvalue weighted by Crippen LogP contribution is -2.36. The molecule has 1 heterocycles. The van der Waals surface area contributed by atoms with E-state index in [1.165, 1.54) is 6.07 Å². The number of nitro benzene ring substituents is 1. The number of nitro groups is 1. The molecule has 0 aliphatic carbocycles. The van der Waals surface area contributed by atoms with Crippen molar-refractivity contribution in [2.24, 2.45) is 0 Å². The molecule has 1 unspecified atom stereocenters. The van der Waals surface area contributed by atoms with Gasteiger partial charge in [-0.2, -0.15) is 0 Å². The second-order valence-corrected chi connectivity index (χ2v) is 5.46. The number of ether oxygens (including phenoxy) is 1. The van der Waals surface area contributed by atoms with Crippen LogP contribution in [0.1, 0.15) is 25.3 Å². The second-order valence-electron chi connectivity index (χ2n) is 5.05. The number of nitrogens with zero attached hydrogens (tertiary/aromatic N) is 1. The van der Waals surface area contributed by atoms with Crippen LogP contribution in [0.3, 0.4) is 0 Å². The lowest BCUT2D eigenvalue weighted by molar-refractivity contribution is -0.384. The molecule has 0 bridgehead atoms. The SMILES string of the molecule is CC1(CNCc2ccc(Cl)c([N+](=O)[O-])c2)CCCO1. The first-order valence-corrected chi connectivity index (χ1v) is 6.65. The Morgan fingerprint density at radius 3 is 3.00 bits per heavy atom. The predicted molar refractivity (Wildman–Crippen MR) is 73.4 cm³/mol. The zero-order valence-electron chi connectivity index (χ0n) is 10.8. The molecule has 1 aliphatic rings. The molecule has 2 rings (SSSR count). The molecule has 19 heavy (non-hydrogen) atoms. The average molecular weight is 285 g/mol. The van der Waals surface area contributed by atoms with Crippen molar-refractivity contribution in [1.29, 1.82) is 0 Å². The van der Waals surface area contributed by atoms with Gasteiger partial charge >= 0.3 is 0 Å². The lowest BCUT2D eigenvalue weighted by Gasteiger charge is -2.23. The Balaban J connectivity index is 1.92. The van der Waals surface area contributed by atoms with Crippen LogP contribution in [0.2, 0.25) is 5.02 Å². The summed E-state index contributed by atoms with van der Waals surface area (Å²) in [5.74, 6) is 0. The molecular weight excluding hydrogens is 268 g/mol. The zero-order valence-corrected chi connectivity index (χ0v) is 11.6. The van der Waals surface area contributed by atoms with Crippen LogP contribution in [0.25, 0.3) is 0 Å². The summed E-state index contributed by atoms with van der Waals surface area (Å²) in [5, 5.41) is 14.2. The van der Waals surface area contributed by atoms with Gasteiger partial charge in [0.05, 0.1) is 10.5 Å². The Morgan fingerprint density at radius 1 is 1.58 bits per heavy atom. The van der Waals surface area contributed by atoms with E-state index in [0.717, 1.165) is 31.6 Å². The Labute approximate surface area is 117 Å². The third kappa shape index (κ3) is 3.65. The van der Waals surface area contributed by atoms with Gasteiger partial charge in [-0.05, 0) is 31.4 Å². The Morgan fingerprint density at radius 2 is 2.37 bits per heavy atom. The highest BCUT2D eigenvalue weighted by molar-refractivity contribution is 6.32. The standard InChI is InChI=1S/C13H17ClN2O3/c1-13(5-2-6-19-13)9-15-8-10-3-4-11(14)12(7-10)16(17)18/h3-4,7,15H,2,5-6,8-9H2,1H3. The maximum atomic E-state index is 10.8. The van der Waals surface area contributed by atoms with Gasteiger partial charge in [0.15, 0.2) is 0 Å². The highest BCUT2D eigenvalue weighted by Gasteiger charge is 2.29. The Bertz CT molecular complexity index is 473. The van der Waals surface area contributed by atoms with Crippen LogP contribution in [-0.4, -0.2) is 23.7 Å². The molecule has 0 radical (unpaired) electrons. The molecule has 1 saturated heterocycles. The van der Waals surface area contributed by atoms with Crippen molar-refractivity contribution in [3.8, 4) is 0 Å². The van der Waals surface area contributed by atoms with E-state index in [-0.39, 0.29) is 16.3 Å². The minimum absolute atomic E-state index is 0.0516. The zero-order chi connectivity index (χ0) is 13.9. The van der Waals surface area contributed by atoms with Gasteiger partial charge in [-0.3, -0.25) is 10.1 Å². The topological polar surface area (TPSA) is 64.4 Å². The molecule has 0 aromatic heterocycles. The van der Waals surface area contributed by atoms with Crippen molar-refractivity contribution in [2.45, 2.75) is 31.9 Å². The highest BCUT2D eigenvalue weighted by atomic mass is 35.5. The molecule has 1 N–H and O–H groups in total. The molecule has 0 spiro atoms. The summed E-state index contributed by atoms with van der Waals surface area (Å²) in [4.78, 5) is 10.3. The molecular formula is C13H17ClN2O3. The van der Waals surface area contributed by atoms with Crippen molar-refractivity contribution in [2.75, 3.05) is 13.2 Å². The molecule has 104 valence electrons. The monoisotopic (exact) mass is 284 g/mol. The van der Waals surface area contributed by atoms with E-state index >= 15 is 0 Å². The van der Waals surface area contributed by atoms with E-state index in [2.05, 4.69) is 12.2 Å². The van der Waals surface area contributed by atoms with E-state index in [4.69, 9.17) is 16.3 Å². The van der Waals surface area contributed by atoms with Gasteiger partial charge in [0, 0.05) is 25.8 Å². The molecule has 1 aliphatic heterocycles. The van der Waals surface area contributed by atoms with E-state index in [0.29, 0.717) is 6.54 Å². The van der Waals surface area contributed by atoms with Gasteiger partial charge in [-0.15, -0.1) is 0 Å². The largest absolute Gasteiger partial charge is 0.374 e. The smallest absolute Gasteiger partial charge is 0.288 e. The van der Waals surface area contributed by atoms with Crippen LogP contribution in [0.5, 0.6) is 0 Å². The third-order valence-corrected chi connectivity index (χ3v) is 3.66. The van der Waals surface area contributed by atoms with Crippen molar-refractivity contribution < 1.29 is 9.66 Å². The van der Waals surface area contributed by atoms with Gasteiger partial charge < -0.3 is 10.1 Å². The average Bonchev–Trinajstić information content (AvgIpc) is 2.78. The number of hydrogen-bond donors (Lipinski definition) is 1. The Kier molecular flexibility index (Phi) is 4.39. The number of benzene rings is 1. The van der Waals surface area contributed by atoms with Crippen LogP contribution in [0.15, 0.2) is 18.2 Å². The summed E-state index contributed by atoms with van der Waals surface area (Å²) < 4.78 is 5.67. The molecule has 1 fully saturated rings. The summed E-state index contributed by atoms with van der Waals surface area (Å²) in [5.41, 5.74) is 0.681. The van der Waals surface area contributed by atoms with E-state index in [1.807, 2.05) is 0 Å². The summed E-state index contributed by atoms with van der Waals surface area (Å²) in [7, 11) is 0. The van der Waals surface area contributed by atoms with Gasteiger partial charge in [-0.25, -0.2) is 0 Å². The van der Waals surface area contributed by atoms with Crippen molar-refractivity contribution in [1.82, 2.24) is 5.32 Å². The summed E-state index contributed by atoms with van der Waals surface area (Å²) >= 11 is 5.77. The minimum atomic E-state index is -0.465. The van der Waals surface area contributed by atoms with Crippen molar-refractivity contribution in [3.63, 3.8) is 0 Å². The van der Waals surface area contributed by atoms with Crippen LogP contribution >= 0.6 is 11.6 Å². The molecule has 0 amide bonds. The first kappa shape index (κ1) is 14.2. The van der Waals surface area contributed by atoms with Gasteiger partial charge in [0.25, 0.3) is 5.69 Å². The molecule has 5 nitrogen and oxygen atoms in total. The predicted octanol–water partition coefficient (Wildman–Crippen LogP) is 2.91. The van der Waals surface area contributed by atoms with E-state index in [9.17, 15) is 10.1 Å². The first-order chi connectivity index (χ1) is 9.00. The quantitative estimate of drug-likeness (QED) is 0.667. The molecule has 0 saturated carbocycles. The van der Waals surface area contributed by atoms with Gasteiger partial charge in [0.1, 0.15) is 5.02 Å². The van der Waals surface area contributed by atoms with Crippen molar-refractivity contribution >= 4 is 17.3 Å². The maximum absolute atomic E-state index is 10.8. The Hall–Kier alpha value is -1.17. The summed E-state index contributed by atoms with van der Waals surface area (Å²) in [6.07, 6.45) is 2.13. The minimum Gasteiger partial charge on any atom is -0.374 e. The normalized spacial score (nSPS) is 22.6. The molecule has 1 atom stereocenters. The fraction of sp³-hybridized carbons (Fsp3) is 0.538. The summed E-state index contributed by atoms with van der Waals surface area (Å²) in [6, 6.07) is 4.86. The first-order valence-electron chi connectivity index (χ1n) is 6.28. The molecule has 1 aromatic rings. The van der Waals surface area contributed by atoms with Crippen LogP contribution < -0.4 is 5.32 Å². The number of hydrogen-bond acceptors (Lipinski definition) is 4. The van der Waals surface area contributed by atoms with Crippen LogP contribution in [0, 0.1) is 10.1 Å². The molecule has 1 aromatic carbocycles. The van der Waals surface area contributed by atoms with Crippen LogP contribution in [-0.2, 0) is 11.3 Å². The lowest BCUT2D eigenvalue weighted by atomic mass is 10.0. The fourth-order valence-electron chi connectivity index (χ4n) is 2.26. The number of halogens is 1. The second kappa shape index (κ2) is 5.86. The van der Waals surface area contributed by atoms with E-state index < -0.39 is 4.92 Å². The van der Waals surface area contributed by atoms with Gasteiger partial charge in [-0.1, -0.05) is 17.7 Å². The number of nitrogens with one attached hydrogen (secondary N) is 1. The number of rotatable bonds is 5. The van der Waals surface area contributed by atoms with Crippen LogP contribution in [0.4, 0.5) is 5.69 Å². The third-order valence-electron chi connectivity index (χ3n) is 3.34. The van der Waals surface area contributed by atoms with Crippen molar-refractivity contribution in [3.05, 3.63) is 38.9 Å².